The maximum Gasteiger partial charge on any atom is 0.251 e. The lowest BCUT2D eigenvalue weighted by atomic mass is 10.0. The Balaban J connectivity index is 2.20. The molecule has 0 radical (unpaired) electrons. The Labute approximate surface area is 172 Å². The van der Waals surface area contributed by atoms with Crippen LogP contribution in [0.15, 0.2) is 42.5 Å². The third kappa shape index (κ3) is 5.41. The average molecular weight is 421 g/mol. The minimum absolute atomic E-state index is 0.204. The highest BCUT2D eigenvalue weighted by Crippen LogP contribution is 2.31. The van der Waals surface area contributed by atoms with Gasteiger partial charge in [0.15, 0.2) is 11.5 Å². The van der Waals surface area contributed by atoms with Crippen molar-refractivity contribution in [3.8, 4) is 11.5 Å². The van der Waals surface area contributed by atoms with Crippen molar-refractivity contribution in [2.75, 3.05) is 31.3 Å². The van der Waals surface area contributed by atoms with Gasteiger partial charge in [-0.2, -0.15) is 0 Å². The zero-order valence-electron chi connectivity index (χ0n) is 17.4. The second-order valence-electron chi connectivity index (χ2n) is 6.52. The van der Waals surface area contributed by atoms with Crippen molar-refractivity contribution in [1.82, 2.24) is 5.32 Å². The Morgan fingerprint density at radius 1 is 1.03 bits per heavy atom. The van der Waals surface area contributed by atoms with Gasteiger partial charge in [0.1, 0.15) is 0 Å². The van der Waals surface area contributed by atoms with Gasteiger partial charge >= 0.3 is 0 Å². The zero-order valence-corrected chi connectivity index (χ0v) is 18.2. The van der Waals surface area contributed by atoms with E-state index in [1.54, 1.807) is 45.4 Å². The minimum Gasteiger partial charge on any atom is -0.493 e. The molecule has 0 aromatic heterocycles. The summed E-state index contributed by atoms with van der Waals surface area (Å²) in [7, 11) is -0.220. The van der Waals surface area contributed by atoms with E-state index in [9.17, 15) is 13.2 Å². The summed E-state index contributed by atoms with van der Waals surface area (Å²) in [6, 6.07) is 11.9. The molecule has 2 aromatic carbocycles. The summed E-state index contributed by atoms with van der Waals surface area (Å²) in [5.74, 6) is 0.988. The molecule has 0 spiro atoms. The molecule has 0 unspecified atom stereocenters. The van der Waals surface area contributed by atoms with Crippen molar-refractivity contribution >= 4 is 21.6 Å². The smallest absolute Gasteiger partial charge is 0.251 e. The molecular weight excluding hydrogens is 392 g/mol. The highest BCUT2D eigenvalue weighted by Gasteiger charge is 2.18. The number of nitrogens with zero attached hydrogens (tertiary/aromatic N) is 1. The van der Waals surface area contributed by atoms with Gasteiger partial charge in [-0.3, -0.25) is 9.10 Å². The van der Waals surface area contributed by atoms with Crippen LogP contribution in [0.4, 0.5) is 5.69 Å². The van der Waals surface area contributed by atoms with Crippen molar-refractivity contribution in [3.63, 3.8) is 0 Å². The predicted molar refractivity (Wildman–Crippen MR) is 114 cm³/mol. The fraction of sp³-hybridized carbons (Fsp3) is 0.381. The molecule has 0 saturated heterocycles. The van der Waals surface area contributed by atoms with Crippen LogP contribution in [0.3, 0.4) is 0 Å². The summed E-state index contributed by atoms with van der Waals surface area (Å²) < 4.78 is 35.6. The largest absolute Gasteiger partial charge is 0.493 e. The molecule has 0 fully saturated rings. The second-order valence-corrected chi connectivity index (χ2v) is 8.43. The third-order valence-electron chi connectivity index (χ3n) is 4.63. The summed E-state index contributed by atoms with van der Waals surface area (Å²) in [5, 5.41) is 3.01. The maximum atomic E-state index is 12.7. The predicted octanol–water partition coefficient (Wildman–Crippen LogP) is 3.37. The number of amides is 1. The van der Waals surface area contributed by atoms with E-state index in [4.69, 9.17) is 9.47 Å². The summed E-state index contributed by atoms with van der Waals surface area (Å²) >= 11 is 0. The van der Waals surface area contributed by atoms with Gasteiger partial charge < -0.3 is 14.8 Å². The van der Waals surface area contributed by atoms with Gasteiger partial charge in [0, 0.05) is 12.1 Å². The first kappa shape index (κ1) is 22.5. The van der Waals surface area contributed by atoms with Crippen LogP contribution >= 0.6 is 0 Å². The molecule has 2 aromatic rings. The SMILES string of the molecule is CC[C@H](NC(=O)c1ccc(N(CC)S(C)(=O)=O)cc1)c1ccc(OC)c(OC)c1. The molecule has 0 bridgehead atoms. The molecule has 0 heterocycles. The zero-order chi connectivity index (χ0) is 21.6. The number of benzene rings is 2. The Kier molecular flexibility index (Phi) is 7.50. The van der Waals surface area contributed by atoms with E-state index in [2.05, 4.69) is 5.32 Å². The minimum atomic E-state index is -3.36. The van der Waals surface area contributed by atoms with E-state index in [1.165, 1.54) is 4.31 Å². The highest BCUT2D eigenvalue weighted by molar-refractivity contribution is 7.92. The van der Waals surface area contributed by atoms with Gasteiger partial charge in [-0.1, -0.05) is 13.0 Å². The molecular formula is C21H28N2O5S. The van der Waals surface area contributed by atoms with Crippen LogP contribution in [0, 0.1) is 0 Å². The van der Waals surface area contributed by atoms with Gasteiger partial charge in [-0.25, -0.2) is 8.42 Å². The fourth-order valence-electron chi connectivity index (χ4n) is 3.12. The first-order valence-electron chi connectivity index (χ1n) is 9.35. The monoisotopic (exact) mass is 420 g/mol. The van der Waals surface area contributed by atoms with Gasteiger partial charge in [0.05, 0.1) is 32.2 Å². The number of carbonyl (C=O) groups excluding carboxylic acids is 1. The van der Waals surface area contributed by atoms with Crippen molar-refractivity contribution in [2.24, 2.45) is 0 Å². The molecule has 0 aliphatic carbocycles. The fourth-order valence-corrected chi connectivity index (χ4v) is 4.09. The van der Waals surface area contributed by atoms with Crippen LogP contribution in [0.25, 0.3) is 0 Å². The van der Waals surface area contributed by atoms with E-state index in [1.807, 2.05) is 25.1 Å². The maximum absolute atomic E-state index is 12.7. The van der Waals surface area contributed by atoms with Crippen LogP contribution in [-0.4, -0.2) is 41.3 Å². The summed E-state index contributed by atoms with van der Waals surface area (Å²) in [5.41, 5.74) is 1.89. The van der Waals surface area contributed by atoms with Gasteiger partial charge in [-0.15, -0.1) is 0 Å². The van der Waals surface area contributed by atoms with Gasteiger partial charge in [0.25, 0.3) is 5.91 Å². The normalized spacial score (nSPS) is 12.2. The van der Waals surface area contributed by atoms with Crippen LogP contribution in [0.2, 0.25) is 0 Å². The number of anilines is 1. The van der Waals surface area contributed by atoms with Crippen molar-refractivity contribution in [2.45, 2.75) is 26.3 Å². The first-order valence-corrected chi connectivity index (χ1v) is 11.2. The van der Waals surface area contributed by atoms with E-state index in [0.29, 0.717) is 35.7 Å². The molecule has 158 valence electrons. The molecule has 0 aliphatic heterocycles. The molecule has 0 aliphatic rings. The van der Waals surface area contributed by atoms with Crippen molar-refractivity contribution < 1.29 is 22.7 Å². The van der Waals surface area contributed by atoms with E-state index in [0.717, 1.165) is 11.8 Å². The quantitative estimate of drug-likeness (QED) is 0.672. The first-order chi connectivity index (χ1) is 13.7. The third-order valence-corrected chi connectivity index (χ3v) is 5.90. The molecule has 1 amide bonds. The molecule has 0 saturated carbocycles. The topological polar surface area (TPSA) is 84.9 Å². The van der Waals surface area contributed by atoms with Crippen molar-refractivity contribution in [3.05, 3.63) is 53.6 Å². The summed E-state index contributed by atoms with van der Waals surface area (Å²) in [4.78, 5) is 12.7. The Morgan fingerprint density at radius 3 is 2.14 bits per heavy atom. The summed E-state index contributed by atoms with van der Waals surface area (Å²) in [6.07, 6.45) is 1.85. The number of rotatable bonds is 9. The number of hydrogen-bond acceptors (Lipinski definition) is 5. The number of carbonyl (C=O) groups is 1. The Bertz CT molecular complexity index is 942. The Hall–Kier alpha value is -2.74. The van der Waals surface area contributed by atoms with Crippen molar-refractivity contribution in [1.29, 1.82) is 0 Å². The molecule has 1 N–H and O–H groups in total. The number of hydrogen-bond donors (Lipinski definition) is 1. The molecule has 29 heavy (non-hydrogen) atoms. The summed E-state index contributed by atoms with van der Waals surface area (Å²) in [6.45, 7) is 4.06. The van der Waals surface area contributed by atoms with Gasteiger partial charge in [-0.05, 0) is 55.3 Å². The molecule has 2 rings (SSSR count). The van der Waals surface area contributed by atoms with Crippen LogP contribution in [0.1, 0.15) is 42.2 Å². The molecule has 1 atom stereocenters. The van der Waals surface area contributed by atoms with Crippen LogP contribution in [-0.2, 0) is 10.0 Å². The molecule has 7 nitrogen and oxygen atoms in total. The molecule has 8 heteroatoms. The number of ether oxygens (including phenoxy) is 2. The number of nitrogens with one attached hydrogen (secondary N) is 1. The Morgan fingerprint density at radius 2 is 1.66 bits per heavy atom. The average Bonchev–Trinajstić information content (AvgIpc) is 2.71. The highest BCUT2D eigenvalue weighted by atomic mass is 32.2. The number of sulfonamides is 1. The number of methoxy groups -OCH3 is 2. The van der Waals surface area contributed by atoms with E-state index < -0.39 is 10.0 Å². The van der Waals surface area contributed by atoms with Crippen LogP contribution < -0.4 is 19.1 Å². The standard InChI is InChI=1S/C21H28N2O5S/c1-6-18(16-10-13-19(27-3)20(14-16)28-4)22-21(24)15-8-11-17(12-9-15)23(7-2)29(5,25)26/h8-14,18H,6-7H2,1-5H3,(H,22,24)/t18-/m0/s1. The van der Waals surface area contributed by atoms with Gasteiger partial charge in [0.2, 0.25) is 10.0 Å². The lowest BCUT2D eigenvalue weighted by molar-refractivity contribution is 0.0935. The lowest BCUT2D eigenvalue weighted by Gasteiger charge is -2.21. The van der Waals surface area contributed by atoms with E-state index >= 15 is 0 Å². The second kappa shape index (κ2) is 9.65. The van der Waals surface area contributed by atoms with E-state index in [-0.39, 0.29) is 11.9 Å². The van der Waals surface area contributed by atoms with Crippen LogP contribution in [0.5, 0.6) is 11.5 Å². The lowest BCUT2D eigenvalue weighted by Crippen LogP contribution is -2.30.